The molecule has 68 valence electrons. The molecular formula is C7H12N2O3. The van der Waals surface area contributed by atoms with Crippen molar-refractivity contribution < 1.29 is 14.3 Å². The highest BCUT2D eigenvalue weighted by Gasteiger charge is 1.99. The van der Waals surface area contributed by atoms with Crippen molar-refractivity contribution >= 4 is 11.9 Å². The lowest BCUT2D eigenvalue weighted by Gasteiger charge is -1.97. The van der Waals surface area contributed by atoms with E-state index in [4.69, 9.17) is 4.74 Å². The van der Waals surface area contributed by atoms with Crippen LogP contribution >= 0.6 is 0 Å². The normalized spacial score (nSPS) is 9.50. The van der Waals surface area contributed by atoms with E-state index >= 15 is 0 Å². The number of imide groups is 1. The molecule has 0 saturated heterocycles. The average Bonchev–Trinajstić information content (AvgIpc) is 2.05. The van der Waals surface area contributed by atoms with E-state index in [0.29, 0.717) is 6.61 Å². The molecule has 0 aromatic rings. The summed E-state index contributed by atoms with van der Waals surface area (Å²) >= 11 is 0. The Morgan fingerprint density at radius 3 is 2.67 bits per heavy atom. The summed E-state index contributed by atoms with van der Waals surface area (Å²) in [4.78, 5) is 21.3. The van der Waals surface area contributed by atoms with Gasteiger partial charge in [0.15, 0.2) is 0 Å². The van der Waals surface area contributed by atoms with Crippen LogP contribution in [0.3, 0.4) is 0 Å². The van der Waals surface area contributed by atoms with Gasteiger partial charge < -0.3 is 10.1 Å². The third kappa shape index (κ3) is 5.28. The topological polar surface area (TPSA) is 67.4 Å². The van der Waals surface area contributed by atoms with Gasteiger partial charge in [0.2, 0.25) is 0 Å². The summed E-state index contributed by atoms with van der Waals surface area (Å²) < 4.78 is 4.75. The van der Waals surface area contributed by atoms with Crippen LogP contribution in [0.5, 0.6) is 0 Å². The van der Waals surface area contributed by atoms with Gasteiger partial charge in [-0.1, -0.05) is 0 Å². The van der Waals surface area contributed by atoms with Crippen LogP contribution in [0, 0.1) is 0 Å². The maximum absolute atomic E-state index is 10.7. The van der Waals surface area contributed by atoms with Gasteiger partial charge in [0, 0.05) is 13.1 Å². The van der Waals surface area contributed by atoms with E-state index in [2.05, 4.69) is 5.32 Å². The summed E-state index contributed by atoms with van der Waals surface area (Å²) in [6.07, 6.45) is 2.37. The van der Waals surface area contributed by atoms with Crippen LogP contribution in [0.2, 0.25) is 0 Å². The minimum atomic E-state index is -0.541. The molecule has 0 heterocycles. The summed E-state index contributed by atoms with van der Waals surface area (Å²) in [6, 6.07) is -0.541. The molecule has 2 N–H and O–H groups in total. The van der Waals surface area contributed by atoms with Crippen molar-refractivity contribution in [2.45, 2.75) is 6.92 Å². The Morgan fingerprint density at radius 2 is 2.17 bits per heavy atom. The quantitative estimate of drug-likeness (QED) is 0.465. The molecule has 0 aromatic heterocycles. The number of nitrogens with one attached hydrogen (secondary N) is 2. The third-order valence-electron chi connectivity index (χ3n) is 0.946. The Morgan fingerprint density at radius 1 is 1.50 bits per heavy atom. The van der Waals surface area contributed by atoms with Crippen LogP contribution in [-0.2, 0) is 9.53 Å². The van der Waals surface area contributed by atoms with Crippen molar-refractivity contribution in [3.63, 3.8) is 0 Å². The second kappa shape index (κ2) is 6.21. The van der Waals surface area contributed by atoms with Crippen LogP contribution in [0.15, 0.2) is 12.3 Å². The average molecular weight is 172 g/mol. The molecule has 5 heteroatoms. The van der Waals surface area contributed by atoms with Crippen LogP contribution in [-0.4, -0.2) is 25.6 Å². The zero-order chi connectivity index (χ0) is 9.40. The standard InChI is InChI=1S/C7H12N2O3/c1-3-12-5-4-6(10)9-7(11)8-2/h4-5H,3H2,1-2H3,(H2,8,9,10,11)/b5-4+. The minimum Gasteiger partial charge on any atom is -0.501 e. The lowest BCUT2D eigenvalue weighted by atomic mass is 10.6. The monoisotopic (exact) mass is 172 g/mol. The van der Waals surface area contributed by atoms with Gasteiger partial charge in [-0.2, -0.15) is 0 Å². The smallest absolute Gasteiger partial charge is 0.321 e. The first-order chi connectivity index (χ1) is 5.70. The van der Waals surface area contributed by atoms with Crippen molar-refractivity contribution in [2.24, 2.45) is 0 Å². The Hall–Kier alpha value is -1.52. The second-order valence-electron chi connectivity index (χ2n) is 1.83. The van der Waals surface area contributed by atoms with Crippen molar-refractivity contribution in [1.29, 1.82) is 0 Å². The minimum absolute atomic E-state index is 0.490. The highest BCUT2D eigenvalue weighted by atomic mass is 16.5. The Balaban J connectivity index is 3.66. The largest absolute Gasteiger partial charge is 0.501 e. The van der Waals surface area contributed by atoms with E-state index in [1.807, 2.05) is 5.32 Å². The molecule has 0 aliphatic carbocycles. The van der Waals surface area contributed by atoms with Crippen molar-refractivity contribution in [3.8, 4) is 0 Å². The van der Waals surface area contributed by atoms with E-state index in [9.17, 15) is 9.59 Å². The van der Waals surface area contributed by atoms with Gasteiger partial charge in [0.25, 0.3) is 5.91 Å². The third-order valence-corrected chi connectivity index (χ3v) is 0.946. The number of carbonyl (C=O) groups is 2. The second-order valence-corrected chi connectivity index (χ2v) is 1.83. The first-order valence-electron chi connectivity index (χ1n) is 3.51. The van der Waals surface area contributed by atoms with Gasteiger partial charge in [-0.25, -0.2) is 4.79 Å². The molecule has 0 rings (SSSR count). The van der Waals surface area contributed by atoms with Crippen LogP contribution < -0.4 is 10.6 Å². The van der Waals surface area contributed by atoms with Crippen LogP contribution in [0.25, 0.3) is 0 Å². The number of hydrogen-bond acceptors (Lipinski definition) is 3. The molecule has 0 aliphatic rings. The van der Waals surface area contributed by atoms with Crippen LogP contribution in [0.4, 0.5) is 4.79 Å². The zero-order valence-corrected chi connectivity index (χ0v) is 7.09. The lowest BCUT2D eigenvalue weighted by molar-refractivity contribution is -0.115. The van der Waals surface area contributed by atoms with Crippen molar-refractivity contribution in [2.75, 3.05) is 13.7 Å². The molecule has 0 saturated carbocycles. The van der Waals surface area contributed by atoms with Crippen molar-refractivity contribution in [3.05, 3.63) is 12.3 Å². The summed E-state index contributed by atoms with van der Waals surface area (Å²) in [5.41, 5.74) is 0. The lowest BCUT2D eigenvalue weighted by Crippen LogP contribution is -2.36. The predicted molar refractivity (Wildman–Crippen MR) is 43.4 cm³/mol. The zero-order valence-electron chi connectivity index (χ0n) is 7.09. The summed E-state index contributed by atoms with van der Waals surface area (Å²) in [7, 11) is 1.43. The Labute approximate surface area is 70.8 Å². The van der Waals surface area contributed by atoms with E-state index in [1.54, 1.807) is 6.92 Å². The van der Waals surface area contributed by atoms with Gasteiger partial charge in [-0.3, -0.25) is 10.1 Å². The number of urea groups is 1. The maximum Gasteiger partial charge on any atom is 0.321 e. The van der Waals surface area contributed by atoms with Crippen molar-refractivity contribution in [1.82, 2.24) is 10.6 Å². The van der Waals surface area contributed by atoms with E-state index in [-0.39, 0.29) is 0 Å². The Kier molecular flexibility index (Phi) is 5.42. The van der Waals surface area contributed by atoms with E-state index < -0.39 is 11.9 Å². The fourth-order valence-corrected chi connectivity index (χ4v) is 0.422. The highest BCUT2D eigenvalue weighted by molar-refractivity contribution is 5.99. The van der Waals surface area contributed by atoms with Gasteiger partial charge >= 0.3 is 6.03 Å². The molecule has 0 spiro atoms. The van der Waals surface area contributed by atoms with Gasteiger partial charge in [0.05, 0.1) is 12.9 Å². The summed E-state index contributed by atoms with van der Waals surface area (Å²) in [5, 5.41) is 4.27. The number of ether oxygens (including phenoxy) is 1. The number of amides is 3. The number of carbonyl (C=O) groups excluding carboxylic acids is 2. The predicted octanol–water partition coefficient (Wildman–Crippen LogP) is -0.00780. The van der Waals surface area contributed by atoms with Gasteiger partial charge in [-0.05, 0) is 6.92 Å². The SMILES string of the molecule is CCO/C=C/C(=O)NC(=O)NC. The first-order valence-corrected chi connectivity index (χ1v) is 3.51. The molecule has 0 aromatic carbocycles. The fourth-order valence-electron chi connectivity index (χ4n) is 0.422. The molecule has 0 aliphatic heterocycles. The number of rotatable bonds is 3. The summed E-state index contributed by atoms with van der Waals surface area (Å²) in [6.45, 7) is 2.28. The van der Waals surface area contributed by atoms with Crippen LogP contribution in [0.1, 0.15) is 6.92 Å². The molecule has 5 nitrogen and oxygen atoms in total. The van der Waals surface area contributed by atoms with Gasteiger partial charge in [0.1, 0.15) is 0 Å². The Bertz CT molecular complexity index is 189. The van der Waals surface area contributed by atoms with E-state index in [1.165, 1.54) is 13.3 Å². The van der Waals surface area contributed by atoms with E-state index in [0.717, 1.165) is 6.08 Å². The molecular weight excluding hydrogens is 160 g/mol. The molecule has 0 radical (unpaired) electrons. The first kappa shape index (κ1) is 10.5. The highest BCUT2D eigenvalue weighted by Crippen LogP contribution is 1.77. The molecule has 0 bridgehead atoms. The molecule has 3 amide bonds. The molecule has 0 atom stereocenters. The maximum atomic E-state index is 10.7. The molecule has 12 heavy (non-hydrogen) atoms. The molecule has 0 unspecified atom stereocenters. The fraction of sp³-hybridized carbons (Fsp3) is 0.429. The van der Waals surface area contributed by atoms with Gasteiger partial charge in [-0.15, -0.1) is 0 Å². The molecule has 0 fully saturated rings. The number of hydrogen-bond donors (Lipinski definition) is 2. The summed E-state index contributed by atoms with van der Waals surface area (Å²) in [5.74, 6) is -0.511.